The van der Waals surface area contributed by atoms with Gasteiger partial charge in [-0.2, -0.15) is 4.98 Å². The van der Waals surface area contributed by atoms with Crippen LogP contribution in [-0.2, 0) is 7.05 Å². The van der Waals surface area contributed by atoms with Gasteiger partial charge >= 0.3 is 0 Å². The molecule has 15 rings (SSSR count). The van der Waals surface area contributed by atoms with Gasteiger partial charge in [-0.3, -0.25) is 13.7 Å². The number of aromatic nitrogens is 8. The first-order valence-electron chi connectivity index (χ1n) is 23.0. The Morgan fingerprint density at radius 3 is 1.28 bits per heavy atom. The molecule has 0 amide bonds. The molecular formula is C60H38N8. The van der Waals surface area contributed by atoms with E-state index < -0.39 is 0 Å². The SMILES string of the molecule is Cn1c(-n2c3ccccc3c3ccc4c(c5ccccc5n4-c4ccccc4)c32)nc2nc(-c3ccccc3)c(-n3c4ccccc4c4ccc5c(c6ccccc6n5-c5ccccc5)c43)nc21. The van der Waals surface area contributed by atoms with Crippen molar-refractivity contribution in [3.8, 4) is 34.4 Å². The molecule has 0 bridgehead atoms. The van der Waals surface area contributed by atoms with Crippen LogP contribution in [0.4, 0.5) is 0 Å². The van der Waals surface area contributed by atoms with Crippen LogP contribution < -0.4 is 0 Å². The average molecular weight is 871 g/mol. The van der Waals surface area contributed by atoms with Gasteiger partial charge in [0, 0.05) is 67.1 Å². The number of nitrogens with zero attached hydrogens (tertiary/aromatic N) is 8. The first kappa shape index (κ1) is 37.0. The number of aryl methyl sites for hydroxylation is 1. The summed E-state index contributed by atoms with van der Waals surface area (Å²) in [6.45, 7) is 0. The number of fused-ring (bicyclic) bond motifs is 15. The summed E-state index contributed by atoms with van der Waals surface area (Å²) < 4.78 is 11.6. The monoisotopic (exact) mass is 870 g/mol. The van der Waals surface area contributed by atoms with E-state index in [2.05, 4.69) is 236 Å². The van der Waals surface area contributed by atoms with Crippen LogP contribution in [0.15, 0.2) is 212 Å². The molecule has 0 spiro atoms. The lowest BCUT2D eigenvalue weighted by molar-refractivity contribution is 0.859. The van der Waals surface area contributed by atoms with E-state index in [1.54, 1.807) is 0 Å². The van der Waals surface area contributed by atoms with Gasteiger partial charge < -0.3 is 9.13 Å². The third-order valence-electron chi connectivity index (χ3n) is 14.1. The number of rotatable bonds is 5. The summed E-state index contributed by atoms with van der Waals surface area (Å²) in [5.74, 6) is 1.48. The second-order valence-corrected chi connectivity index (χ2v) is 17.7. The van der Waals surface area contributed by atoms with Gasteiger partial charge in [-0.25, -0.2) is 9.97 Å². The van der Waals surface area contributed by atoms with Gasteiger partial charge in [0.1, 0.15) is 5.69 Å². The summed E-state index contributed by atoms with van der Waals surface area (Å²) in [5.41, 5.74) is 14.0. The summed E-state index contributed by atoms with van der Waals surface area (Å²) in [6, 6.07) is 75.7. The first-order chi connectivity index (χ1) is 33.7. The molecule has 0 unspecified atom stereocenters. The maximum absolute atomic E-state index is 5.77. The Labute approximate surface area is 388 Å². The average Bonchev–Trinajstić information content (AvgIpc) is 4.19. The molecule has 6 heterocycles. The van der Waals surface area contributed by atoms with Crippen molar-refractivity contribution in [3.63, 3.8) is 0 Å². The van der Waals surface area contributed by atoms with Gasteiger partial charge in [0.05, 0.1) is 44.1 Å². The Kier molecular flexibility index (Phi) is 7.55. The number of hydrogen-bond donors (Lipinski definition) is 0. The highest BCUT2D eigenvalue weighted by Gasteiger charge is 2.27. The maximum atomic E-state index is 5.77. The standard InChI is InChI=1S/C60H38N8/c1-64-59-57(62-60(64)68-47-30-16-12-26-41(47)43-34-36-51-53(56(43)68)45-28-14-18-32-49(45)66(51)39-23-9-4-10-24-39)61-54(37-19-5-2-6-20-37)58(63-59)67-46-29-15-11-25-40(46)42-33-35-50-52(55(42)67)44-27-13-17-31-48(44)65(50)38-21-7-3-8-22-38/h2-36H,1H3. The highest BCUT2D eigenvalue weighted by Crippen LogP contribution is 2.45. The quantitative estimate of drug-likeness (QED) is 0.173. The van der Waals surface area contributed by atoms with E-state index in [9.17, 15) is 0 Å². The predicted octanol–water partition coefficient (Wildman–Crippen LogP) is 14.4. The van der Waals surface area contributed by atoms with Crippen molar-refractivity contribution >= 4 is 98.5 Å². The van der Waals surface area contributed by atoms with Gasteiger partial charge in [-0.05, 0) is 60.7 Å². The van der Waals surface area contributed by atoms with Gasteiger partial charge in [-0.1, -0.05) is 152 Å². The van der Waals surface area contributed by atoms with Crippen LogP contribution in [-0.4, -0.2) is 37.8 Å². The second kappa shape index (κ2) is 13.9. The van der Waals surface area contributed by atoms with Crippen LogP contribution in [0.25, 0.3) is 133 Å². The Morgan fingerprint density at radius 1 is 0.324 bits per heavy atom. The Hall–Kier alpha value is -9.27. The molecule has 8 heteroatoms. The molecule has 8 nitrogen and oxygen atoms in total. The Bertz CT molecular complexity index is 4550. The maximum Gasteiger partial charge on any atom is 0.218 e. The zero-order valence-electron chi connectivity index (χ0n) is 36.8. The largest absolute Gasteiger partial charge is 0.309 e. The van der Waals surface area contributed by atoms with Gasteiger partial charge in [0.15, 0.2) is 17.1 Å². The minimum Gasteiger partial charge on any atom is -0.309 e. The van der Waals surface area contributed by atoms with Crippen LogP contribution in [0, 0.1) is 0 Å². The van der Waals surface area contributed by atoms with Crippen LogP contribution in [0.3, 0.4) is 0 Å². The van der Waals surface area contributed by atoms with Crippen molar-refractivity contribution in [1.29, 1.82) is 0 Å². The summed E-state index contributed by atoms with van der Waals surface area (Å²) in [4.78, 5) is 16.8. The van der Waals surface area contributed by atoms with Crippen molar-refractivity contribution in [1.82, 2.24) is 37.8 Å². The zero-order valence-corrected chi connectivity index (χ0v) is 36.8. The molecule has 0 saturated heterocycles. The number of imidazole rings is 1. The van der Waals surface area contributed by atoms with Crippen molar-refractivity contribution in [2.75, 3.05) is 0 Å². The molecular weight excluding hydrogens is 833 g/mol. The smallest absolute Gasteiger partial charge is 0.218 e. The lowest BCUT2D eigenvalue weighted by Gasteiger charge is -2.14. The molecule has 318 valence electrons. The minimum atomic E-state index is 0.571. The molecule has 0 fully saturated rings. The molecule has 0 atom stereocenters. The van der Waals surface area contributed by atoms with E-state index in [0.29, 0.717) is 11.3 Å². The molecule has 0 aliphatic rings. The van der Waals surface area contributed by atoms with Crippen molar-refractivity contribution in [2.45, 2.75) is 0 Å². The van der Waals surface area contributed by atoms with E-state index in [0.717, 1.165) is 105 Å². The first-order valence-corrected chi connectivity index (χ1v) is 23.0. The topological polar surface area (TPSA) is 63.3 Å². The lowest BCUT2D eigenvalue weighted by Crippen LogP contribution is -2.06. The summed E-state index contributed by atoms with van der Waals surface area (Å²) in [5, 5.41) is 9.29. The molecule has 0 aliphatic carbocycles. The molecule has 0 saturated carbocycles. The predicted molar refractivity (Wildman–Crippen MR) is 279 cm³/mol. The van der Waals surface area contributed by atoms with Gasteiger partial charge in [0.25, 0.3) is 0 Å². The number of para-hydroxylation sites is 6. The van der Waals surface area contributed by atoms with Crippen molar-refractivity contribution in [3.05, 3.63) is 212 Å². The molecule has 0 radical (unpaired) electrons. The number of benzene rings is 9. The number of hydrogen-bond acceptors (Lipinski definition) is 3. The van der Waals surface area contributed by atoms with Gasteiger partial charge in [0.2, 0.25) is 5.95 Å². The highest BCUT2D eigenvalue weighted by molar-refractivity contribution is 6.27. The second-order valence-electron chi connectivity index (χ2n) is 17.7. The third kappa shape index (κ3) is 4.95. The molecule has 68 heavy (non-hydrogen) atoms. The molecule has 0 N–H and O–H groups in total. The molecule has 15 aromatic rings. The van der Waals surface area contributed by atoms with Crippen molar-refractivity contribution in [2.24, 2.45) is 7.05 Å². The third-order valence-corrected chi connectivity index (χ3v) is 14.1. The fourth-order valence-corrected chi connectivity index (χ4v) is 11.3. The minimum absolute atomic E-state index is 0.571. The lowest BCUT2D eigenvalue weighted by atomic mass is 10.1. The summed E-state index contributed by atoms with van der Waals surface area (Å²) in [7, 11) is 2.08. The van der Waals surface area contributed by atoms with Crippen LogP contribution in [0.5, 0.6) is 0 Å². The van der Waals surface area contributed by atoms with E-state index in [4.69, 9.17) is 15.0 Å². The van der Waals surface area contributed by atoms with Crippen LogP contribution >= 0.6 is 0 Å². The van der Waals surface area contributed by atoms with Crippen molar-refractivity contribution < 1.29 is 0 Å². The highest BCUT2D eigenvalue weighted by atomic mass is 15.3. The zero-order chi connectivity index (χ0) is 44.6. The summed E-state index contributed by atoms with van der Waals surface area (Å²) >= 11 is 0. The normalized spacial score (nSPS) is 12.2. The van der Waals surface area contributed by atoms with E-state index >= 15 is 0 Å². The fourth-order valence-electron chi connectivity index (χ4n) is 11.3. The van der Waals surface area contributed by atoms with E-state index in [1.807, 2.05) is 6.07 Å². The van der Waals surface area contributed by atoms with Crippen LogP contribution in [0.1, 0.15) is 0 Å². The Morgan fingerprint density at radius 2 is 0.750 bits per heavy atom. The Balaban J connectivity index is 1.07. The molecule has 6 aromatic heterocycles. The molecule has 0 aliphatic heterocycles. The fraction of sp³-hybridized carbons (Fsp3) is 0.0167. The summed E-state index contributed by atoms with van der Waals surface area (Å²) in [6.07, 6.45) is 0. The van der Waals surface area contributed by atoms with E-state index in [-0.39, 0.29) is 0 Å². The molecule has 9 aromatic carbocycles. The van der Waals surface area contributed by atoms with Gasteiger partial charge in [-0.15, -0.1) is 0 Å². The van der Waals surface area contributed by atoms with Crippen LogP contribution in [0.2, 0.25) is 0 Å². The van der Waals surface area contributed by atoms with E-state index in [1.165, 1.54) is 16.2 Å².